The number of rotatable bonds is 8. The minimum absolute atomic E-state index is 0.789. The monoisotopic (exact) mass is 320 g/mol. The van der Waals surface area contributed by atoms with Gasteiger partial charge in [-0.05, 0) is 32.1 Å². The topological polar surface area (TPSA) is 34.6 Å². The van der Waals surface area contributed by atoms with Crippen molar-refractivity contribution in [3.05, 3.63) is 29.3 Å². The summed E-state index contributed by atoms with van der Waals surface area (Å²) in [6.45, 7) is 4.20. The van der Waals surface area contributed by atoms with Crippen LogP contribution in [0.15, 0.2) is 23.6 Å². The molecule has 0 fully saturated rings. The second-order valence-electron chi connectivity index (χ2n) is 5.30. The van der Waals surface area contributed by atoms with Gasteiger partial charge in [-0.25, -0.2) is 4.98 Å². The average Bonchev–Trinajstić information content (AvgIpc) is 3.00. The molecular formula is C17H24N2O2S. The smallest absolute Gasteiger partial charge is 0.132 e. The highest BCUT2D eigenvalue weighted by molar-refractivity contribution is 7.13. The maximum Gasteiger partial charge on any atom is 0.132 e. The summed E-state index contributed by atoms with van der Waals surface area (Å²) >= 11 is 1.65. The third kappa shape index (κ3) is 4.21. The molecule has 0 spiro atoms. The van der Waals surface area contributed by atoms with Crippen LogP contribution in [-0.2, 0) is 6.54 Å². The maximum absolute atomic E-state index is 5.46. The summed E-state index contributed by atoms with van der Waals surface area (Å²) in [6, 6.07) is 5.83. The van der Waals surface area contributed by atoms with Gasteiger partial charge in [0.05, 0.1) is 25.5 Å². The van der Waals surface area contributed by atoms with Crippen molar-refractivity contribution < 1.29 is 9.47 Å². The Balaban J connectivity index is 2.14. The Morgan fingerprint density at radius 2 is 2.05 bits per heavy atom. The van der Waals surface area contributed by atoms with Gasteiger partial charge in [-0.15, -0.1) is 11.3 Å². The van der Waals surface area contributed by atoms with E-state index >= 15 is 0 Å². The first-order valence-electron chi connectivity index (χ1n) is 7.53. The van der Waals surface area contributed by atoms with E-state index in [2.05, 4.69) is 24.3 Å². The molecular weight excluding hydrogens is 296 g/mol. The van der Waals surface area contributed by atoms with Gasteiger partial charge >= 0.3 is 0 Å². The van der Waals surface area contributed by atoms with Gasteiger partial charge in [-0.3, -0.25) is 0 Å². The summed E-state index contributed by atoms with van der Waals surface area (Å²) < 4.78 is 10.7. The predicted octanol–water partition coefficient (Wildman–Crippen LogP) is 4.06. The van der Waals surface area contributed by atoms with E-state index in [0.717, 1.165) is 40.9 Å². The van der Waals surface area contributed by atoms with Crippen LogP contribution in [0.4, 0.5) is 0 Å². The first-order chi connectivity index (χ1) is 10.7. The van der Waals surface area contributed by atoms with E-state index in [9.17, 15) is 0 Å². The lowest BCUT2D eigenvalue weighted by molar-refractivity contribution is 0.318. The molecule has 4 nitrogen and oxygen atoms in total. The Kier molecular flexibility index (Phi) is 6.21. The normalized spacial score (nSPS) is 11.0. The first-order valence-corrected chi connectivity index (χ1v) is 8.41. The third-order valence-corrected chi connectivity index (χ3v) is 4.44. The number of methoxy groups -OCH3 is 2. The molecule has 0 bridgehead atoms. The van der Waals surface area contributed by atoms with Crippen molar-refractivity contribution in [3.8, 4) is 22.1 Å². The van der Waals surface area contributed by atoms with Crippen LogP contribution in [0.1, 0.15) is 25.5 Å². The number of aromatic nitrogens is 1. The molecule has 0 unspecified atom stereocenters. The van der Waals surface area contributed by atoms with Crippen molar-refractivity contribution in [3.63, 3.8) is 0 Å². The van der Waals surface area contributed by atoms with Crippen molar-refractivity contribution in [2.45, 2.75) is 26.3 Å². The summed E-state index contributed by atoms with van der Waals surface area (Å²) in [6.07, 6.45) is 2.44. The standard InChI is InChI=1S/C17H24N2O2S/c1-5-6-9-19(2)11-13-12-22-17(18-13)15-8-7-14(20-3)10-16(15)21-4/h7-8,10,12H,5-6,9,11H2,1-4H3. The quantitative estimate of drug-likeness (QED) is 0.734. The van der Waals surface area contributed by atoms with Crippen LogP contribution in [0, 0.1) is 0 Å². The van der Waals surface area contributed by atoms with Crippen molar-refractivity contribution in [1.82, 2.24) is 9.88 Å². The van der Waals surface area contributed by atoms with Crippen LogP contribution < -0.4 is 9.47 Å². The Morgan fingerprint density at radius 1 is 1.23 bits per heavy atom. The average molecular weight is 320 g/mol. The summed E-state index contributed by atoms with van der Waals surface area (Å²) in [5.41, 5.74) is 2.12. The largest absolute Gasteiger partial charge is 0.497 e. The van der Waals surface area contributed by atoms with Gasteiger partial charge in [0.25, 0.3) is 0 Å². The minimum Gasteiger partial charge on any atom is -0.497 e. The maximum atomic E-state index is 5.46. The Morgan fingerprint density at radius 3 is 2.73 bits per heavy atom. The summed E-state index contributed by atoms with van der Waals surface area (Å²) in [4.78, 5) is 7.06. The molecule has 2 aromatic rings. The van der Waals surface area contributed by atoms with Crippen molar-refractivity contribution >= 4 is 11.3 Å². The van der Waals surface area contributed by atoms with Crippen molar-refractivity contribution in [1.29, 1.82) is 0 Å². The molecule has 0 N–H and O–H groups in total. The Labute approximate surface area is 136 Å². The van der Waals surface area contributed by atoms with E-state index in [4.69, 9.17) is 14.5 Å². The van der Waals surface area contributed by atoms with Gasteiger partial charge < -0.3 is 14.4 Å². The van der Waals surface area contributed by atoms with Crippen molar-refractivity contribution in [2.24, 2.45) is 0 Å². The van der Waals surface area contributed by atoms with Gasteiger partial charge in [0, 0.05) is 18.0 Å². The summed E-state index contributed by atoms with van der Waals surface area (Å²) in [5, 5.41) is 3.11. The fourth-order valence-corrected chi connectivity index (χ4v) is 3.10. The van der Waals surface area contributed by atoms with Crippen LogP contribution in [0.3, 0.4) is 0 Å². The van der Waals surface area contributed by atoms with Crippen LogP contribution in [-0.4, -0.2) is 37.7 Å². The molecule has 1 aromatic carbocycles. The van der Waals surface area contributed by atoms with Gasteiger partial charge in [-0.2, -0.15) is 0 Å². The van der Waals surface area contributed by atoms with Gasteiger partial charge in [0.1, 0.15) is 16.5 Å². The molecule has 5 heteroatoms. The zero-order valence-electron chi connectivity index (χ0n) is 13.8. The number of benzene rings is 1. The van der Waals surface area contributed by atoms with Crippen LogP contribution >= 0.6 is 11.3 Å². The van der Waals surface area contributed by atoms with Gasteiger partial charge in [0.2, 0.25) is 0 Å². The molecule has 0 aliphatic heterocycles. The van der Waals surface area contributed by atoms with Crippen LogP contribution in [0.2, 0.25) is 0 Å². The van der Waals surface area contributed by atoms with Gasteiger partial charge in [-0.1, -0.05) is 13.3 Å². The third-order valence-electron chi connectivity index (χ3n) is 3.52. The molecule has 120 valence electrons. The van der Waals surface area contributed by atoms with Gasteiger partial charge in [0.15, 0.2) is 0 Å². The van der Waals surface area contributed by atoms with Crippen LogP contribution in [0.5, 0.6) is 11.5 Å². The highest BCUT2D eigenvalue weighted by Gasteiger charge is 2.12. The van der Waals surface area contributed by atoms with E-state index in [-0.39, 0.29) is 0 Å². The second kappa shape index (κ2) is 8.15. The number of hydrogen-bond donors (Lipinski definition) is 0. The van der Waals surface area contributed by atoms with E-state index < -0.39 is 0 Å². The van der Waals surface area contributed by atoms with Crippen molar-refractivity contribution in [2.75, 3.05) is 27.8 Å². The SMILES string of the molecule is CCCCN(C)Cc1csc(-c2ccc(OC)cc2OC)n1. The molecule has 0 saturated heterocycles. The molecule has 0 radical (unpaired) electrons. The lowest BCUT2D eigenvalue weighted by Gasteiger charge is -2.14. The molecule has 22 heavy (non-hydrogen) atoms. The molecule has 0 atom stereocenters. The van der Waals surface area contributed by atoms with E-state index in [1.807, 2.05) is 18.2 Å². The molecule has 0 aliphatic carbocycles. The lowest BCUT2D eigenvalue weighted by atomic mass is 10.2. The molecule has 1 heterocycles. The van der Waals surface area contributed by atoms with E-state index in [1.54, 1.807) is 25.6 Å². The minimum atomic E-state index is 0.789. The zero-order chi connectivity index (χ0) is 15.9. The predicted molar refractivity (Wildman–Crippen MR) is 91.9 cm³/mol. The fraction of sp³-hybridized carbons (Fsp3) is 0.471. The number of ether oxygens (including phenoxy) is 2. The zero-order valence-corrected chi connectivity index (χ0v) is 14.6. The molecule has 0 aliphatic rings. The molecule has 0 amide bonds. The number of hydrogen-bond acceptors (Lipinski definition) is 5. The highest BCUT2D eigenvalue weighted by Crippen LogP contribution is 2.35. The Bertz CT molecular complexity index is 598. The molecule has 1 aromatic heterocycles. The lowest BCUT2D eigenvalue weighted by Crippen LogP contribution is -2.19. The van der Waals surface area contributed by atoms with E-state index in [1.165, 1.54) is 12.8 Å². The Hall–Kier alpha value is -1.59. The summed E-state index contributed by atoms with van der Waals surface area (Å²) in [5.74, 6) is 1.58. The molecule has 0 saturated carbocycles. The number of unbranched alkanes of at least 4 members (excludes halogenated alkanes) is 1. The molecule has 2 rings (SSSR count). The highest BCUT2D eigenvalue weighted by atomic mass is 32.1. The number of thiazole rings is 1. The fourth-order valence-electron chi connectivity index (χ4n) is 2.26. The number of nitrogens with zero attached hydrogens (tertiary/aromatic N) is 2. The second-order valence-corrected chi connectivity index (χ2v) is 6.16. The van der Waals surface area contributed by atoms with E-state index in [0.29, 0.717) is 0 Å². The first kappa shape index (κ1) is 16.8. The van der Waals surface area contributed by atoms with Crippen LogP contribution in [0.25, 0.3) is 10.6 Å². The summed E-state index contributed by atoms with van der Waals surface area (Å²) in [7, 11) is 5.47.